The van der Waals surface area contributed by atoms with Crippen molar-refractivity contribution in [2.45, 2.75) is 62.5 Å². The molecule has 7 heteroatoms. The molecular formula is C30H36N4O2S. The minimum atomic E-state index is -0.392. The van der Waals surface area contributed by atoms with Crippen LogP contribution in [0.25, 0.3) is 5.57 Å². The van der Waals surface area contributed by atoms with Crippen LogP contribution in [0, 0.1) is 6.92 Å². The maximum atomic E-state index is 14.3. The zero-order chi connectivity index (χ0) is 25.9. The van der Waals surface area contributed by atoms with E-state index in [4.69, 9.17) is 4.99 Å². The third-order valence-electron chi connectivity index (χ3n) is 7.34. The monoisotopic (exact) mass is 516 g/mol. The van der Waals surface area contributed by atoms with Crippen molar-refractivity contribution in [3.8, 4) is 0 Å². The first-order chi connectivity index (χ1) is 17.9. The van der Waals surface area contributed by atoms with Gasteiger partial charge in [-0.15, -0.1) is 11.8 Å². The number of allylic oxidation sites excluding steroid dienone is 1. The summed E-state index contributed by atoms with van der Waals surface area (Å²) >= 11 is 1.78. The molecule has 2 fully saturated rings. The van der Waals surface area contributed by atoms with Crippen molar-refractivity contribution < 1.29 is 9.59 Å². The number of hydrogen-bond acceptors (Lipinski definition) is 5. The Morgan fingerprint density at radius 1 is 1.11 bits per heavy atom. The quantitative estimate of drug-likeness (QED) is 0.519. The highest BCUT2D eigenvalue weighted by atomic mass is 32.2. The summed E-state index contributed by atoms with van der Waals surface area (Å²) in [6, 6.07) is 18.4. The van der Waals surface area contributed by atoms with Gasteiger partial charge >= 0.3 is 0 Å². The first-order valence-electron chi connectivity index (χ1n) is 13.2. The van der Waals surface area contributed by atoms with E-state index in [2.05, 4.69) is 36.5 Å². The number of carbonyl (C=O) groups excluding carboxylic acids is 2. The summed E-state index contributed by atoms with van der Waals surface area (Å²) in [5, 5.41) is 3.04. The summed E-state index contributed by atoms with van der Waals surface area (Å²) < 4.78 is 0. The molecule has 1 saturated heterocycles. The van der Waals surface area contributed by atoms with Crippen LogP contribution in [0.5, 0.6) is 0 Å². The predicted octanol–water partition coefficient (Wildman–Crippen LogP) is 4.81. The van der Waals surface area contributed by atoms with E-state index in [-0.39, 0.29) is 23.2 Å². The molecule has 6 nitrogen and oxygen atoms in total. The molecule has 194 valence electrons. The number of likely N-dealkylation sites (N-methyl/N-ethyl adjacent to an activating group) is 1. The Morgan fingerprint density at radius 3 is 2.51 bits per heavy atom. The van der Waals surface area contributed by atoms with E-state index < -0.39 is 6.04 Å². The molecule has 2 heterocycles. The van der Waals surface area contributed by atoms with Crippen LogP contribution in [-0.2, 0) is 9.59 Å². The Labute approximate surface area is 224 Å². The molecule has 2 aliphatic heterocycles. The molecule has 0 spiro atoms. The van der Waals surface area contributed by atoms with Crippen LogP contribution < -0.4 is 5.32 Å². The summed E-state index contributed by atoms with van der Waals surface area (Å²) in [7, 11) is 3.91. The second-order valence-electron chi connectivity index (χ2n) is 10.5. The molecule has 1 N–H and O–H groups in total. The van der Waals surface area contributed by atoms with Gasteiger partial charge in [-0.25, -0.2) is 0 Å². The number of nitrogens with zero attached hydrogens (tertiary/aromatic N) is 3. The van der Waals surface area contributed by atoms with Crippen molar-refractivity contribution in [2.24, 2.45) is 4.99 Å². The van der Waals surface area contributed by atoms with Gasteiger partial charge in [0, 0.05) is 36.5 Å². The number of aliphatic imine (C=N–C) groups is 1. The zero-order valence-electron chi connectivity index (χ0n) is 21.9. The molecule has 37 heavy (non-hydrogen) atoms. The fourth-order valence-corrected chi connectivity index (χ4v) is 6.61. The molecule has 0 radical (unpaired) electrons. The predicted molar refractivity (Wildman–Crippen MR) is 151 cm³/mol. The number of nitrogens with one attached hydrogen (secondary N) is 1. The van der Waals surface area contributed by atoms with E-state index in [1.54, 1.807) is 11.8 Å². The van der Waals surface area contributed by atoms with Crippen molar-refractivity contribution in [1.29, 1.82) is 0 Å². The first kappa shape index (κ1) is 25.7. The molecule has 2 aromatic rings. The molecular weight excluding hydrogens is 480 g/mol. The third kappa shape index (κ3) is 5.99. The van der Waals surface area contributed by atoms with Gasteiger partial charge in [0.25, 0.3) is 0 Å². The lowest BCUT2D eigenvalue weighted by Crippen LogP contribution is -2.50. The van der Waals surface area contributed by atoms with Crippen LogP contribution in [-0.4, -0.2) is 64.6 Å². The highest BCUT2D eigenvalue weighted by molar-refractivity contribution is 8.00. The van der Waals surface area contributed by atoms with Gasteiger partial charge in [0.05, 0.1) is 11.4 Å². The summed E-state index contributed by atoms with van der Waals surface area (Å²) in [5.41, 5.74) is 5.61. The van der Waals surface area contributed by atoms with Crippen molar-refractivity contribution in [3.05, 3.63) is 77.5 Å². The third-order valence-corrected chi connectivity index (χ3v) is 8.69. The van der Waals surface area contributed by atoms with Gasteiger partial charge in [-0.2, -0.15) is 0 Å². The Morgan fingerprint density at radius 2 is 1.84 bits per heavy atom. The highest BCUT2D eigenvalue weighted by Gasteiger charge is 2.44. The van der Waals surface area contributed by atoms with E-state index >= 15 is 0 Å². The lowest BCUT2D eigenvalue weighted by atomic mass is 9.97. The SMILES string of the molecule is Cc1ccc(C2=CN=C([C@@H]3CSC(CCC(=O)NC4CC4)N3C(=O)C(c3ccccc3)N(C)C)C2)cc1. The number of carbonyl (C=O) groups is 2. The van der Waals surface area contributed by atoms with Crippen LogP contribution in [0.4, 0.5) is 0 Å². The number of aryl methyl sites for hydroxylation is 1. The average molecular weight is 517 g/mol. The van der Waals surface area contributed by atoms with Gasteiger partial charge in [0.1, 0.15) is 6.04 Å². The van der Waals surface area contributed by atoms with Crippen LogP contribution in [0.3, 0.4) is 0 Å². The molecule has 2 amide bonds. The molecule has 0 aromatic heterocycles. The number of hydrogen-bond donors (Lipinski definition) is 1. The van der Waals surface area contributed by atoms with Crippen LogP contribution in [0.15, 0.2) is 65.8 Å². The molecule has 1 aliphatic carbocycles. The lowest BCUT2D eigenvalue weighted by molar-refractivity contribution is -0.138. The average Bonchev–Trinajstić information content (AvgIpc) is 3.38. The lowest BCUT2D eigenvalue weighted by Gasteiger charge is -2.35. The van der Waals surface area contributed by atoms with Gasteiger partial charge in [0.2, 0.25) is 11.8 Å². The number of benzene rings is 2. The summed E-state index contributed by atoms with van der Waals surface area (Å²) in [6.07, 6.45) is 5.94. The summed E-state index contributed by atoms with van der Waals surface area (Å²) in [6.45, 7) is 2.09. The Kier molecular flexibility index (Phi) is 7.81. The topological polar surface area (TPSA) is 65.0 Å². The molecule has 1 saturated carbocycles. The van der Waals surface area contributed by atoms with Gasteiger partial charge in [0.15, 0.2) is 0 Å². The van der Waals surface area contributed by atoms with Gasteiger partial charge in [-0.05, 0) is 57.0 Å². The Hall–Kier alpha value is -2.90. The van der Waals surface area contributed by atoms with E-state index in [1.807, 2.05) is 60.4 Å². The minimum Gasteiger partial charge on any atom is -0.353 e. The minimum absolute atomic E-state index is 0.0558. The summed E-state index contributed by atoms with van der Waals surface area (Å²) in [5.74, 6) is 0.960. The van der Waals surface area contributed by atoms with Crippen molar-refractivity contribution in [2.75, 3.05) is 19.8 Å². The molecule has 2 unspecified atom stereocenters. The smallest absolute Gasteiger partial charge is 0.245 e. The number of amides is 2. The Balaban J connectivity index is 1.36. The summed E-state index contributed by atoms with van der Waals surface area (Å²) in [4.78, 5) is 35.6. The standard InChI is InChI=1S/C30H36N4O2S/c1-20-9-11-21(12-10-20)23-17-25(31-18-23)26-19-37-28(16-15-27(35)32-24-13-14-24)34(26)30(36)29(33(2)3)22-7-5-4-6-8-22/h4-12,18,24,26,28-29H,13-17,19H2,1-3H3,(H,32,35)/t26-,28?,29?/m0/s1. The fourth-order valence-electron chi connectivity index (χ4n) is 5.15. The zero-order valence-corrected chi connectivity index (χ0v) is 22.7. The number of rotatable bonds is 9. The Bertz CT molecular complexity index is 1190. The van der Waals surface area contributed by atoms with Gasteiger partial charge in [-0.1, -0.05) is 60.2 Å². The largest absolute Gasteiger partial charge is 0.353 e. The number of thioether (sulfide) groups is 1. The van der Waals surface area contributed by atoms with Crippen LogP contribution in [0.2, 0.25) is 0 Å². The molecule has 3 aliphatic rings. The van der Waals surface area contributed by atoms with E-state index in [0.717, 1.165) is 36.3 Å². The highest BCUT2D eigenvalue weighted by Crippen LogP contribution is 2.39. The molecule has 3 atom stereocenters. The maximum absolute atomic E-state index is 14.3. The van der Waals surface area contributed by atoms with Crippen molar-refractivity contribution in [3.63, 3.8) is 0 Å². The first-order valence-corrected chi connectivity index (χ1v) is 14.2. The van der Waals surface area contributed by atoms with Crippen LogP contribution >= 0.6 is 11.8 Å². The van der Waals surface area contributed by atoms with E-state index in [1.165, 1.54) is 16.7 Å². The van der Waals surface area contributed by atoms with Crippen molar-refractivity contribution >= 4 is 34.9 Å². The maximum Gasteiger partial charge on any atom is 0.245 e. The second kappa shape index (κ2) is 11.2. The van der Waals surface area contributed by atoms with Gasteiger partial charge in [-0.3, -0.25) is 19.5 Å². The second-order valence-corrected chi connectivity index (χ2v) is 11.7. The molecule has 5 rings (SSSR count). The van der Waals surface area contributed by atoms with E-state index in [9.17, 15) is 9.59 Å². The molecule has 0 bridgehead atoms. The fraction of sp³-hybridized carbons (Fsp3) is 0.433. The normalized spacial score (nSPS) is 22.1. The van der Waals surface area contributed by atoms with Crippen LogP contribution in [0.1, 0.15) is 54.8 Å². The molecule has 2 aromatic carbocycles. The van der Waals surface area contributed by atoms with Gasteiger partial charge < -0.3 is 10.2 Å². The van der Waals surface area contributed by atoms with E-state index in [0.29, 0.717) is 18.9 Å². The van der Waals surface area contributed by atoms with Crippen molar-refractivity contribution in [1.82, 2.24) is 15.1 Å².